The molecule has 2 heterocycles. The first-order valence-electron chi connectivity index (χ1n) is 3.82. The predicted molar refractivity (Wildman–Crippen MR) is 61.5 cm³/mol. The number of aromatic nitrogens is 4. The normalized spacial score (nSPS) is 10.5. The van der Waals surface area contributed by atoms with Gasteiger partial charge in [0.15, 0.2) is 4.34 Å². The lowest BCUT2D eigenvalue weighted by atomic mass is 10.6. The van der Waals surface area contributed by atoms with E-state index in [1.807, 2.05) is 0 Å². The Morgan fingerprint density at radius 1 is 1.27 bits per heavy atom. The van der Waals surface area contributed by atoms with Crippen molar-refractivity contribution in [1.29, 1.82) is 0 Å². The molecule has 0 fully saturated rings. The largest absolute Gasteiger partial charge is 0.220 e. The summed E-state index contributed by atoms with van der Waals surface area (Å²) in [4.78, 5) is 8.08. The Bertz CT molecular complexity index is 428. The van der Waals surface area contributed by atoms with Crippen LogP contribution in [0, 0.1) is 0 Å². The fraction of sp³-hybridized carbons (Fsp3) is 0.143. The summed E-state index contributed by atoms with van der Waals surface area (Å²) in [6.45, 7) is 0. The first-order valence-corrected chi connectivity index (χ1v) is 6.44. The fourth-order valence-corrected chi connectivity index (χ4v) is 2.65. The van der Waals surface area contributed by atoms with Crippen molar-refractivity contribution in [2.24, 2.45) is 0 Å². The highest BCUT2D eigenvalue weighted by atomic mass is 35.5. The Balaban J connectivity index is 2.05. The average molecular weight is 279 g/mol. The second-order valence-electron chi connectivity index (χ2n) is 2.42. The third-order valence-corrected chi connectivity index (χ3v) is 3.62. The number of nitrogens with zero attached hydrogens (tertiary/aromatic N) is 4. The topological polar surface area (TPSA) is 51.6 Å². The summed E-state index contributed by atoms with van der Waals surface area (Å²) in [6, 6.07) is 1.50. The molecule has 0 radical (unpaired) electrons. The molecule has 0 unspecified atom stereocenters. The Morgan fingerprint density at radius 2 is 2.00 bits per heavy atom. The van der Waals surface area contributed by atoms with Crippen LogP contribution in [0.3, 0.4) is 0 Å². The summed E-state index contributed by atoms with van der Waals surface area (Å²) >= 11 is 14.5. The van der Waals surface area contributed by atoms with Crippen molar-refractivity contribution >= 4 is 46.3 Å². The summed E-state index contributed by atoms with van der Waals surface area (Å²) in [5.74, 6) is 1.17. The lowest BCUT2D eigenvalue weighted by molar-refractivity contribution is 1.000. The summed E-state index contributed by atoms with van der Waals surface area (Å²) in [5.41, 5.74) is 1.67. The van der Waals surface area contributed by atoms with Crippen molar-refractivity contribution in [2.45, 2.75) is 10.1 Å². The molecule has 0 bridgehead atoms. The summed E-state index contributed by atoms with van der Waals surface area (Å²) in [6.07, 6.45) is 0. The van der Waals surface area contributed by atoms with E-state index in [9.17, 15) is 0 Å². The molecule has 0 aliphatic heterocycles. The molecule has 0 atom stereocenters. The third-order valence-electron chi connectivity index (χ3n) is 1.37. The molecule has 0 N–H and O–H groups in total. The van der Waals surface area contributed by atoms with Crippen LogP contribution in [-0.2, 0) is 5.75 Å². The van der Waals surface area contributed by atoms with E-state index in [0.29, 0.717) is 21.9 Å². The molecule has 0 aliphatic rings. The molecule has 0 saturated carbocycles. The highest BCUT2D eigenvalue weighted by Crippen LogP contribution is 2.23. The average Bonchev–Trinajstić information content (AvgIpc) is 2.65. The van der Waals surface area contributed by atoms with Gasteiger partial charge >= 0.3 is 0 Å². The van der Waals surface area contributed by atoms with E-state index in [1.165, 1.54) is 29.2 Å². The number of rotatable bonds is 3. The molecule has 0 aromatic carbocycles. The quantitative estimate of drug-likeness (QED) is 0.638. The molecule has 8 heteroatoms. The zero-order valence-electron chi connectivity index (χ0n) is 7.22. The lowest BCUT2D eigenvalue weighted by Crippen LogP contribution is -1.92. The van der Waals surface area contributed by atoms with Crippen molar-refractivity contribution in [1.82, 2.24) is 20.2 Å². The maximum absolute atomic E-state index is 5.74. The first kappa shape index (κ1) is 11.1. The van der Waals surface area contributed by atoms with Crippen molar-refractivity contribution in [2.75, 3.05) is 0 Å². The van der Waals surface area contributed by atoms with Crippen LogP contribution < -0.4 is 0 Å². The monoisotopic (exact) mass is 278 g/mol. The molecule has 15 heavy (non-hydrogen) atoms. The zero-order valence-corrected chi connectivity index (χ0v) is 10.4. The minimum Gasteiger partial charge on any atom is -0.220 e. The van der Waals surface area contributed by atoms with Crippen molar-refractivity contribution in [3.8, 4) is 0 Å². The van der Waals surface area contributed by atoms with Crippen LogP contribution in [0.25, 0.3) is 0 Å². The second-order valence-corrected chi connectivity index (χ2v) is 5.25. The van der Waals surface area contributed by atoms with Gasteiger partial charge in [0.25, 0.3) is 0 Å². The van der Waals surface area contributed by atoms with Crippen molar-refractivity contribution in [3.63, 3.8) is 0 Å². The molecule has 4 nitrogen and oxygen atoms in total. The van der Waals surface area contributed by atoms with Crippen LogP contribution in [0.15, 0.2) is 15.9 Å². The third kappa shape index (κ3) is 3.27. The van der Waals surface area contributed by atoms with E-state index in [0.717, 1.165) is 4.34 Å². The standard InChI is InChI=1S/C7H4Cl2N4S2/c8-4-1-5(9)12-6(11-4)2-14-7-13-10-3-15-7/h1,3H,2H2. The highest BCUT2D eigenvalue weighted by Gasteiger charge is 2.04. The number of hydrogen-bond acceptors (Lipinski definition) is 6. The molecule has 0 aliphatic carbocycles. The molecular formula is C7H4Cl2N4S2. The maximum atomic E-state index is 5.74. The molecule has 0 amide bonds. The molecule has 78 valence electrons. The van der Waals surface area contributed by atoms with Gasteiger partial charge in [-0.1, -0.05) is 46.3 Å². The Hall–Kier alpha value is -0.430. The summed E-state index contributed by atoms with van der Waals surface area (Å²) in [7, 11) is 0. The van der Waals surface area contributed by atoms with Crippen LogP contribution in [-0.4, -0.2) is 20.2 Å². The SMILES string of the molecule is Clc1cc(Cl)nc(CSc2nncs2)n1. The molecule has 2 rings (SSSR count). The van der Waals surface area contributed by atoms with Crippen molar-refractivity contribution < 1.29 is 0 Å². The van der Waals surface area contributed by atoms with Gasteiger partial charge in [0, 0.05) is 6.07 Å². The van der Waals surface area contributed by atoms with Crippen LogP contribution in [0.2, 0.25) is 10.3 Å². The fourth-order valence-electron chi connectivity index (χ4n) is 0.851. The van der Waals surface area contributed by atoms with E-state index in [2.05, 4.69) is 20.2 Å². The van der Waals surface area contributed by atoms with Crippen LogP contribution in [0.1, 0.15) is 5.82 Å². The minimum atomic E-state index is 0.350. The molecule has 2 aromatic heterocycles. The van der Waals surface area contributed by atoms with Gasteiger partial charge in [-0.05, 0) is 0 Å². The predicted octanol–water partition coefficient (Wildman–Crippen LogP) is 2.93. The number of hydrogen-bond donors (Lipinski definition) is 0. The van der Waals surface area contributed by atoms with E-state index < -0.39 is 0 Å². The Morgan fingerprint density at radius 3 is 2.60 bits per heavy atom. The number of thioether (sulfide) groups is 1. The summed E-state index contributed by atoms with van der Waals surface area (Å²) in [5, 5.41) is 8.31. The molecule has 2 aromatic rings. The maximum Gasteiger partial charge on any atom is 0.174 e. The smallest absolute Gasteiger partial charge is 0.174 e. The van der Waals surface area contributed by atoms with Gasteiger partial charge in [0.05, 0.1) is 5.75 Å². The second kappa shape index (κ2) is 5.07. The Kier molecular flexibility index (Phi) is 3.74. The van der Waals surface area contributed by atoms with Gasteiger partial charge in [0.2, 0.25) is 0 Å². The number of halogens is 2. The van der Waals surface area contributed by atoms with E-state index >= 15 is 0 Å². The molecule has 0 saturated heterocycles. The van der Waals surface area contributed by atoms with Crippen LogP contribution in [0.5, 0.6) is 0 Å². The van der Waals surface area contributed by atoms with Gasteiger partial charge in [-0.15, -0.1) is 10.2 Å². The highest BCUT2D eigenvalue weighted by molar-refractivity contribution is 8.00. The minimum absolute atomic E-state index is 0.350. The van der Waals surface area contributed by atoms with Gasteiger partial charge in [-0.3, -0.25) is 0 Å². The van der Waals surface area contributed by atoms with Gasteiger partial charge in [0.1, 0.15) is 21.6 Å². The van der Waals surface area contributed by atoms with Gasteiger partial charge in [-0.25, -0.2) is 9.97 Å². The first-order chi connectivity index (χ1) is 7.24. The van der Waals surface area contributed by atoms with Crippen molar-refractivity contribution in [3.05, 3.63) is 27.7 Å². The summed E-state index contributed by atoms with van der Waals surface area (Å²) < 4.78 is 0.870. The van der Waals surface area contributed by atoms with E-state index in [4.69, 9.17) is 23.2 Å². The van der Waals surface area contributed by atoms with Crippen LogP contribution >= 0.6 is 46.3 Å². The van der Waals surface area contributed by atoms with E-state index in [-0.39, 0.29) is 0 Å². The van der Waals surface area contributed by atoms with Crippen LogP contribution in [0.4, 0.5) is 0 Å². The van der Waals surface area contributed by atoms with Gasteiger partial charge < -0.3 is 0 Å². The zero-order chi connectivity index (χ0) is 10.7. The Labute approximate surface area is 104 Å². The molecule has 0 spiro atoms. The van der Waals surface area contributed by atoms with Gasteiger partial charge in [-0.2, -0.15) is 0 Å². The lowest BCUT2D eigenvalue weighted by Gasteiger charge is -1.98. The van der Waals surface area contributed by atoms with E-state index in [1.54, 1.807) is 5.51 Å². The molecular weight excluding hydrogens is 275 g/mol.